The minimum Gasteiger partial charge on any atom is -0.379 e. The van der Waals surface area contributed by atoms with Crippen molar-refractivity contribution in [3.63, 3.8) is 0 Å². The quantitative estimate of drug-likeness (QED) is 0.0756. The topological polar surface area (TPSA) is 186 Å². The first-order valence-electron chi connectivity index (χ1n) is 22.8. The fourth-order valence-electron chi connectivity index (χ4n) is 8.37. The number of likely N-dealkylation sites (tertiary alicyclic amines) is 1. The summed E-state index contributed by atoms with van der Waals surface area (Å²) in [6, 6.07) is 8.06. The molecule has 2 heterocycles. The largest absolute Gasteiger partial charge is 0.379 e. The molecular formula is C47H79N7O8S. The van der Waals surface area contributed by atoms with Crippen LogP contribution in [0, 0.1) is 17.8 Å². The molecule has 1 aromatic heterocycles. The highest BCUT2D eigenvalue weighted by molar-refractivity contribution is 7.09. The predicted molar refractivity (Wildman–Crippen MR) is 248 cm³/mol. The van der Waals surface area contributed by atoms with E-state index in [1.54, 1.807) is 44.3 Å². The molecule has 1 aliphatic rings. The van der Waals surface area contributed by atoms with Gasteiger partial charge in [0.05, 0.1) is 55.8 Å². The number of methoxy groups -OCH3 is 2. The lowest BCUT2D eigenvalue weighted by Crippen LogP contribution is -2.55. The molecule has 1 fully saturated rings. The van der Waals surface area contributed by atoms with Crippen molar-refractivity contribution in [1.82, 2.24) is 30.3 Å². The molecule has 4 N–H and O–H groups in total. The van der Waals surface area contributed by atoms with Crippen molar-refractivity contribution >= 4 is 40.9 Å². The van der Waals surface area contributed by atoms with E-state index < -0.39 is 36.1 Å². The van der Waals surface area contributed by atoms with Gasteiger partial charge in [-0.25, -0.2) is 10.9 Å². The summed E-state index contributed by atoms with van der Waals surface area (Å²) in [5.74, 6) is 3.02. The van der Waals surface area contributed by atoms with Gasteiger partial charge in [0.2, 0.25) is 29.5 Å². The van der Waals surface area contributed by atoms with E-state index in [0.29, 0.717) is 38.8 Å². The molecule has 8 atom stereocenters. The van der Waals surface area contributed by atoms with Gasteiger partial charge in [-0.15, -0.1) is 11.3 Å². The smallest absolute Gasteiger partial charge is 0.243 e. The molecule has 0 bridgehead atoms. The number of rotatable bonds is 26. The van der Waals surface area contributed by atoms with Crippen LogP contribution in [-0.4, -0.2) is 128 Å². The van der Waals surface area contributed by atoms with E-state index in [9.17, 15) is 24.0 Å². The van der Waals surface area contributed by atoms with E-state index in [1.165, 1.54) is 22.7 Å². The van der Waals surface area contributed by atoms with Gasteiger partial charge in [-0.05, 0) is 49.5 Å². The van der Waals surface area contributed by atoms with Crippen LogP contribution in [0.1, 0.15) is 123 Å². The molecule has 0 saturated carbocycles. The fourth-order valence-corrected chi connectivity index (χ4v) is 9.06. The summed E-state index contributed by atoms with van der Waals surface area (Å²) in [7, 11) is 6.41. The van der Waals surface area contributed by atoms with Gasteiger partial charge in [0.25, 0.3) is 0 Å². The molecule has 0 aliphatic carbocycles. The number of hydrogen-bond acceptors (Lipinski definition) is 11. The minimum absolute atomic E-state index is 0.00771. The standard InChI is InChI=1S/C44H71N7O8S.C3H8/c1-10-30(4)40(50(7)38(54)28-47-43(56)39(29(2)3)49(6)36(52)21-15-12-16-24-59-45)35(57-8)27-37(53)51-23-17-20-34(51)41(58-9)31(5)42(55)48-33(44-46-22-25-60-44)26-32-18-13-11-14-19-32;1-3-2/h11,13-14,18-19,22,25,29-31,33-35,39-41H,10,12,15-17,20-21,23-24,26-28,45H2,1-9H3,(H,47,56)(H,48,55);3H2,1-2H3. The molecule has 63 heavy (non-hydrogen) atoms. The highest BCUT2D eigenvalue weighted by atomic mass is 32.1. The van der Waals surface area contributed by atoms with Crippen molar-refractivity contribution in [2.45, 2.75) is 149 Å². The number of likely N-dealkylation sites (N-methyl/N-ethyl adjacent to an activating group) is 2. The van der Waals surface area contributed by atoms with Crippen LogP contribution in [0.2, 0.25) is 0 Å². The monoisotopic (exact) mass is 902 g/mol. The predicted octanol–water partition coefficient (Wildman–Crippen LogP) is 5.93. The number of benzene rings is 1. The van der Waals surface area contributed by atoms with E-state index in [1.807, 2.05) is 70.3 Å². The van der Waals surface area contributed by atoms with Crippen molar-refractivity contribution in [3.8, 4) is 0 Å². The van der Waals surface area contributed by atoms with E-state index in [0.717, 1.165) is 29.8 Å². The minimum atomic E-state index is -0.760. The molecule has 1 aromatic carbocycles. The summed E-state index contributed by atoms with van der Waals surface area (Å²) < 4.78 is 12.0. The number of hydrogen-bond donors (Lipinski definition) is 3. The zero-order valence-corrected chi connectivity index (χ0v) is 40.8. The molecular weight excluding hydrogens is 823 g/mol. The molecule has 8 unspecified atom stereocenters. The molecule has 356 valence electrons. The Bertz CT molecular complexity index is 1630. The maximum absolute atomic E-state index is 14.2. The lowest BCUT2D eigenvalue weighted by atomic mass is 9.90. The van der Waals surface area contributed by atoms with Crippen molar-refractivity contribution in [2.75, 3.05) is 48.0 Å². The average Bonchev–Trinajstić information content (AvgIpc) is 3.99. The van der Waals surface area contributed by atoms with Gasteiger partial charge in [0.15, 0.2) is 0 Å². The van der Waals surface area contributed by atoms with E-state index in [-0.39, 0.29) is 66.9 Å². The molecule has 3 rings (SSSR count). The number of nitrogens with two attached hydrogens (primary N) is 1. The first kappa shape index (κ1) is 55.2. The van der Waals surface area contributed by atoms with E-state index in [2.05, 4.69) is 34.3 Å². The van der Waals surface area contributed by atoms with Crippen LogP contribution >= 0.6 is 11.3 Å². The zero-order chi connectivity index (χ0) is 47.1. The van der Waals surface area contributed by atoms with Gasteiger partial charge < -0.3 is 39.6 Å². The van der Waals surface area contributed by atoms with Crippen molar-refractivity contribution in [2.24, 2.45) is 23.7 Å². The molecule has 0 radical (unpaired) electrons. The number of ether oxygens (including phenoxy) is 2. The highest BCUT2D eigenvalue weighted by Crippen LogP contribution is 2.30. The van der Waals surface area contributed by atoms with Gasteiger partial charge in [0, 0.05) is 52.9 Å². The maximum Gasteiger partial charge on any atom is 0.243 e. The van der Waals surface area contributed by atoms with Crippen LogP contribution in [0.5, 0.6) is 0 Å². The Hall–Kier alpha value is -3.96. The third-order valence-corrected chi connectivity index (χ3v) is 12.8. The molecule has 16 heteroatoms. The second kappa shape index (κ2) is 29.5. The normalized spacial score (nSPS) is 17.0. The van der Waals surface area contributed by atoms with E-state index >= 15 is 0 Å². The van der Waals surface area contributed by atoms with Crippen molar-refractivity contribution in [1.29, 1.82) is 0 Å². The van der Waals surface area contributed by atoms with Crippen LogP contribution in [-0.2, 0) is 44.7 Å². The Balaban J connectivity index is 0.00000442. The van der Waals surface area contributed by atoms with E-state index in [4.69, 9.17) is 15.4 Å². The molecule has 1 saturated heterocycles. The lowest BCUT2D eigenvalue weighted by molar-refractivity contribution is -0.146. The van der Waals surface area contributed by atoms with Gasteiger partial charge in [0.1, 0.15) is 11.0 Å². The SMILES string of the molecule is CCC.CCC(C)C(C(CC(=O)N1CCCC1C(OC)C(C)C(=O)NC(Cc1ccccc1)c1nccs1)OC)N(C)C(=O)CNC(=O)C(C(C)C)N(C)C(=O)CCCCCON. The third kappa shape index (κ3) is 17.2. The maximum atomic E-state index is 14.2. The number of aromatic nitrogens is 1. The Labute approximate surface area is 381 Å². The molecule has 0 spiro atoms. The fraction of sp³-hybridized carbons (Fsp3) is 0.702. The Morgan fingerprint density at radius 3 is 2.19 bits per heavy atom. The first-order chi connectivity index (χ1) is 30.1. The van der Waals surface area contributed by atoms with Crippen molar-refractivity contribution < 1.29 is 38.3 Å². The van der Waals surface area contributed by atoms with Crippen LogP contribution in [0.25, 0.3) is 0 Å². The van der Waals surface area contributed by atoms with Gasteiger partial charge in [-0.1, -0.05) is 98.1 Å². The van der Waals surface area contributed by atoms with Gasteiger partial charge in [-0.2, -0.15) is 0 Å². The van der Waals surface area contributed by atoms with Gasteiger partial charge in [-0.3, -0.25) is 24.0 Å². The Kier molecular flexibility index (Phi) is 25.8. The van der Waals surface area contributed by atoms with Gasteiger partial charge >= 0.3 is 0 Å². The molecule has 1 aliphatic heterocycles. The number of nitrogens with one attached hydrogen (secondary N) is 2. The summed E-state index contributed by atoms with van der Waals surface area (Å²) in [6.45, 7) is 14.5. The number of carbonyl (C=O) groups is 5. The lowest BCUT2D eigenvalue weighted by Gasteiger charge is -2.39. The number of carbonyl (C=O) groups excluding carboxylic acids is 5. The van der Waals surface area contributed by atoms with Crippen LogP contribution < -0.4 is 16.5 Å². The van der Waals surface area contributed by atoms with Crippen LogP contribution in [0.4, 0.5) is 0 Å². The summed E-state index contributed by atoms with van der Waals surface area (Å²) in [4.78, 5) is 82.3. The molecule has 5 amide bonds. The highest BCUT2D eigenvalue weighted by Gasteiger charge is 2.42. The third-order valence-electron chi connectivity index (χ3n) is 11.9. The first-order valence-corrected chi connectivity index (χ1v) is 23.7. The summed E-state index contributed by atoms with van der Waals surface area (Å²) in [5, 5.41) is 8.70. The summed E-state index contributed by atoms with van der Waals surface area (Å²) in [6.07, 6.45) is 6.95. The van der Waals surface area contributed by atoms with Crippen LogP contribution in [0.3, 0.4) is 0 Å². The second-order valence-electron chi connectivity index (χ2n) is 17.1. The second-order valence-corrected chi connectivity index (χ2v) is 18.0. The molecule has 2 aromatic rings. The average molecular weight is 902 g/mol. The van der Waals surface area contributed by atoms with Crippen molar-refractivity contribution in [3.05, 3.63) is 52.5 Å². The summed E-state index contributed by atoms with van der Waals surface area (Å²) >= 11 is 1.49. The number of nitrogens with zero attached hydrogens (tertiary/aromatic N) is 4. The molecule has 15 nitrogen and oxygen atoms in total. The van der Waals surface area contributed by atoms with Crippen LogP contribution in [0.15, 0.2) is 41.9 Å². The number of unbranched alkanes of at least 4 members (excludes halogenated alkanes) is 2. The summed E-state index contributed by atoms with van der Waals surface area (Å²) in [5.41, 5.74) is 1.08. The Morgan fingerprint density at radius 2 is 1.62 bits per heavy atom. The number of amides is 5. The zero-order valence-electron chi connectivity index (χ0n) is 40.0. The Morgan fingerprint density at radius 1 is 0.937 bits per heavy atom. The number of thiazole rings is 1.